The Labute approximate surface area is 136 Å². The molecule has 2 rings (SSSR count). The Balaban J connectivity index is 1.93. The van der Waals surface area contributed by atoms with Crippen LogP contribution in [0.15, 0.2) is 48.1 Å². The maximum atomic E-state index is 5.17. The number of unbranched alkanes of at least 4 members (excludes halogenated alkanes) is 1. The van der Waals surface area contributed by atoms with Crippen LogP contribution in [0.2, 0.25) is 0 Å². The monoisotopic (exact) mass is 315 g/mol. The Morgan fingerprint density at radius 3 is 2.73 bits per heavy atom. The minimum atomic E-state index is 0.558. The normalized spacial score (nSPS) is 11.3. The van der Waals surface area contributed by atoms with Gasteiger partial charge in [-0.1, -0.05) is 25.5 Å². The fraction of sp³-hybridized carbons (Fsp3) is 0.312. The van der Waals surface area contributed by atoms with Gasteiger partial charge in [0.1, 0.15) is 0 Å². The number of nitrogens with zero attached hydrogens (tertiary/aromatic N) is 3. The summed E-state index contributed by atoms with van der Waals surface area (Å²) in [7, 11) is 0. The average Bonchev–Trinajstić information content (AvgIpc) is 3.07. The lowest BCUT2D eigenvalue weighted by Gasteiger charge is -2.08. The minimum Gasteiger partial charge on any atom is -0.361 e. The van der Waals surface area contributed by atoms with Crippen LogP contribution in [0.5, 0.6) is 0 Å². The van der Waals surface area contributed by atoms with Crippen LogP contribution in [-0.2, 0) is 0 Å². The second-order valence-corrected chi connectivity index (χ2v) is 5.34. The van der Waals surface area contributed by atoms with Crippen LogP contribution in [0.25, 0.3) is 5.69 Å². The zero-order valence-corrected chi connectivity index (χ0v) is 13.7. The largest absolute Gasteiger partial charge is 0.361 e. The van der Waals surface area contributed by atoms with Crippen LogP contribution in [0.1, 0.15) is 32.3 Å². The molecule has 0 saturated carbocycles. The van der Waals surface area contributed by atoms with Crippen LogP contribution >= 0.6 is 12.2 Å². The summed E-state index contributed by atoms with van der Waals surface area (Å²) in [6.45, 7) is 4.97. The quantitative estimate of drug-likeness (QED) is 0.372. The van der Waals surface area contributed by atoms with Gasteiger partial charge in [-0.3, -0.25) is 5.43 Å². The van der Waals surface area contributed by atoms with Crippen molar-refractivity contribution >= 4 is 23.0 Å². The first-order valence-corrected chi connectivity index (χ1v) is 7.78. The number of aromatic nitrogens is 2. The fourth-order valence-corrected chi connectivity index (χ4v) is 2.05. The molecule has 2 N–H and O–H groups in total. The molecule has 1 heterocycles. The molecule has 5 nitrogen and oxygen atoms in total. The third-order valence-corrected chi connectivity index (χ3v) is 3.46. The number of thiocarbonyl (C=S) groups is 1. The Morgan fingerprint density at radius 1 is 1.32 bits per heavy atom. The standard InChI is InChI=1S/C16H21N5S/c1-3-4-9-18-16(22)20-19-13(2)14-5-7-15(8-6-14)21-11-10-17-12-21/h5-8,10-12H,3-4,9H2,1-2H3,(H2,18,20,22). The predicted molar refractivity (Wildman–Crippen MR) is 94.4 cm³/mol. The van der Waals surface area contributed by atoms with Crippen molar-refractivity contribution in [1.29, 1.82) is 0 Å². The molecule has 0 bridgehead atoms. The maximum absolute atomic E-state index is 5.17. The third kappa shape index (κ3) is 4.66. The summed E-state index contributed by atoms with van der Waals surface area (Å²) in [5.41, 5.74) is 5.88. The van der Waals surface area contributed by atoms with Crippen LogP contribution in [-0.4, -0.2) is 26.9 Å². The first-order valence-electron chi connectivity index (χ1n) is 7.37. The van der Waals surface area contributed by atoms with Crippen LogP contribution in [0.3, 0.4) is 0 Å². The van der Waals surface area contributed by atoms with E-state index in [1.807, 2.05) is 42.0 Å². The molecule has 0 amide bonds. The molecular weight excluding hydrogens is 294 g/mol. The van der Waals surface area contributed by atoms with Crippen molar-refractivity contribution < 1.29 is 0 Å². The Hall–Kier alpha value is -2.21. The van der Waals surface area contributed by atoms with Crippen LogP contribution in [0, 0.1) is 0 Å². The summed E-state index contributed by atoms with van der Waals surface area (Å²) >= 11 is 5.17. The second-order valence-electron chi connectivity index (χ2n) is 4.94. The SMILES string of the molecule is CCCCNC(=S)NN=C(C)c1ccc(-n2ccnc2)cc1. The van der Waals surface area contributed by atoms with Crippen molar-refractivity contribution in [3.05, 3.63) is 48.5 Å². The number of hydrogen-bond acceptors (Lipinski definition) is 3. The molecule has 0 fully saturated rings. The molecule has 0 atom stereocenters. The summed E-state index contributed by atoms with van der Waals surface area (Å²) in [5.74, 6) is 0. The molecule has 0 aliphatic carbocycles. The van der Waals surface area contributed by atoms with Crippen LogP contribution in [0.4, 0.5) is 0 Å². The molecule has 0 aliphatic rings. The third-order valence-electron chi connectivity index (χ3n) is 3.23. The van der Waals surface area contributed by atoms with Crippen molar-refractivity contribution in [3.8, 4) is 5.69 Å². The lowest BCUT2D eigenvalue weighted by Crippen LogP contribution is -2.33. The van der Waals surface area contributed by atoms with Gasteiger partial charge in [0.05, 0.1) is 12.0 Å². The number of hydrazone groups is 1. The van der Waals surface area contributed by atoms with E-state index >= 15 is 0 Å². The van der Waals surface area contributed by atoms with E-state index in [0.29, 0.717) is 5.11 Å². The highest BCUT2D eigenvalue weighted by Gasteiger charge is 2.00. The lowest BCUT2D eigenvalue weighted by atomic mass is 10.1. The summed E-state index contributed by atoms with van der Waals surface area (Å²) in [5, 5.41) is 7.99. The Morgan fingerprint density at radius 2 is 2.09 bits per heavy atom. The summed E-state index contributed by atoms with van der Waals surface area (Å²) < 4.78 is 1.96. The Kier molecular flexibility index (Phi) is 6.09. The topological polar surface area (TPSA) is 54.2 Å². The van der Waals surface area contributed by atoms with E-state index in [1.165, 1.54) is 0 Å². The molecule has 22 heavy (non-hydrogen) atoms. The molecule has 116 valence electrons. The van der Waals surface area contributed by atoms with Crippen molar-refractivity contribution in [3.63, 3.8) is 0 Å². The number of rotatable bonds is 6. The molecule has 1 aromatic heterocycles. The van der Waals surface area contributed by atoms with Gasteiger partial charge < -0.3 is 9.88 Å². The molecule has 0 unspecified atom stereocenters. The average molecular weight is 315 g/mol. The van der Waals surface area contributed by atoms with Gasteiger partial charge in [0.2, 0.25) is 0 Å². The highest BCUT2D eigenvalue weighted by molar-refractivity contribution is 7.80. The molecule has 0 saturated heterocycles. The minimum absolute atomic E-state index is 0.558. The zero-order valence-electron chi connectivity index (χ0n) is 12.9. The Bertz CT molecular complexity index is 616. The number of benzene rings is 1. The zero-order chi connectivity index (χ0) is 15.8. The van der Waals surface area contributed by atoms with Crippen LogP contribution < -0.4 is 10.7 Å². The van der Waals surface area contributed by atoms with Gasteiger partial charge in [-0.25, -0.2) is 4.98 Å². The van der Waals surface area contributed by atoms with Crippen molar-refractivity contribution in [2.75, 3.05) is 6.54 Å². The predicted octanol–water partition coefficient (Wildman–Crippen LogP) is 2.86. The molecule has 0 radical (unpaired) electrons. The second kappa shape index (κ2) is 8.29. The first kappa shape index (κ1) is 16.2. The highest BCUT2D eigenvalue weighted by atomic mass is 32.1. The van der Waals surface area contributed by atoms with E-state index in [4.69, 9.17) is 12.2 Å². The highest BCUT2D eigenvalue weighted by Crippen LogP contribution is 2.09. The van der Waals surface area contributed by atoms with E-state index in [2.05, 4.69) is 27.8 Å². The van der Waals surface area contributed by atoms with Gasteiger partial charge in [0, 0.05) is 24.6 Å². The fourth-order valence-electron chi connectivity index (χ4n) is 1.90. The molecular formula is C16H21N5S. The summed E-state index contributed by atoms with van der Waals surface area (Å²) in [6.07, 6.45) is 7.69. The van der Waals surface area contributed by atoms with E-state index < -0.39 is 0 Å². The molecule has 0 spiro atoms. The summed E-state index contributed by atoms with van der Waals surface area (Å²) in [6, 6.07) is 8.13. The number of hydrogen-bond donors (Lipinski definition) is 2. The van der Waals surface area contributed by atoms with Gasteiger partial charge in [-0.2, -0.15) is 5.10 Å². The van der Waals surface area contributed by atoms with Crippen molar-refractivity contribution in [1.82, 2.24) is 20.3 Å². The molecule has 2 aromatic rings. The molecule has 1 aromatic carbocycles. The van der Waals surface area contributed by atoms with Gasteiger partial charge >= 0.3 is 0 Å². The van der Waals surface area contributed by atoms with Gasteiger partial charge in [-0.05, 0) is 43.3 Å². The number of nitrogens with one attached hydrogen (secondary N) is 2. The van der Waals surface area contributed by atoms with E-state index in [0.717, 1.165) is 36.3 Å². The van der Waals surface area contributed by atoms with E-state index in [9.17, 15) is 0 Å². The van der Waals surface area contributed by atoms with E-state index in [-0.39, 0.29) is 0 Å². The van der Waals surface area contributed by atoms with Gasteiger partial charge in [0.15, 0.2) is 5.11 Å². The number of imidazole rings is 1. The first-order chi connectivity index (χ1) is 10.7. The van der Waals surface area contributed by atoms with Crippen molar-refractivity contribution in [2.45, 2.75) is 26.7 Å². The smallest absolute Gasteiger partial charge is 0.186 e. The molecule has 6 heteroatoms. The van der Waals surface area contributed by atoms with Crippen molar-refractivity contribution in [2.24, 2.45) is 5.10 Å². The van der Waals surface area contributed by atoms with E-state index in [1.54, 1.807) is 12.5 Å². The van der Waals surface area contributed by atoms with Gasteiger partial charge in [-0.15, -0.1) is 0 Å². The summed E-state index contributed by atoms with van der Waals surface area (Å²) in [4.78, 5) is 4.04. The lowest BCUT2D eigenvalue weighted by molar-refractivity contribution is 0.745. The molecule has 0 aliphatic heterocycles. The maximum Gasteiger partial charge on any atom is 0.186 e. The van der Waals surface area contributed by atoms with Gasteiger partial charge in [0.25, 0.3) is 0 Å².